The summed E-state index contributed by atoms with van der Waals surface area (Å²) < 4.78 is 21.1. The number of para-hydroxylation sites is 5. The van der Waals surface area contributed by atoms with E-state index in [2.05, 4.69) is 287 Å². The van der Waals surface area contributed by atoms with Crippen LogP contribution in [0.5, 0.6) is 0 Å². The minimum atomic E-state index is 0.634. The molecule has 0 saturated carbocycles. The first kappa shape index (κ1) is 78.7. The maximum atomic E-state index is 5.73. The van der Waals surface area contributed by atoms with Crippen LogP contribution in [0.3, 0.4) is 0 Å². The summed E-state index contributed by atoms with van der Waals surface area (Å²) in [5.74, 6) is 16.8. The number of hydrogen-bond donors (Lipinski definition) is 0. The molecule has 7 heterocycles. The second-order valence-corrected chi connectivity index (χ2v) is 32.1. The lowest BCUT2D eigenvalue weighted by atomic mass is 9.98. The van der Waals surface area contributed by atoms with Crippen LogP contribution < -0.4 is 0 Å². The molecule has 24 rings (SSSR count). The molecule has 0 spiro atoms. The largest absolute Gasteiger partial charge is 0.456 e. The Bertz CT molecular complexity index is 8030. The van der Waals surface area contributed by atoms with Gasteiger partial charge < -0.3 is 13.4 Å². The molecule has 0 fully saturated rings. The molecule has 588 valence electrons. The summed E-state index contributed by atoms with van der Waals surface area (Å²) in [6.07, 6.45) is 33.0. The third-order valence-corrected chi connectivity index (χ3v) is 24.6. The lowest BCUT2D eigenvalue weighted by molar-refractivity contribution is 0.667. The van der Waals surface area contributed by atoms with E-state index in [-0.39, 0.29) is 0 Å². The van der Waals surface area contributed by atoms with Gasteiger partial charge in [0, 0.05) is 128 Å². The van der Waals surface area contributed by atoms with Gasteiger partial charge in [-0.05, 0) is 174 Å². The van der Waals surface area contributed by atoms with Crippen LogP contribution in [-0.2, 0) is 0 Å². The van der Waals surface area contributed by atoms with E-state index < -0.39 is 0 Å². The summed E-state index contributed by atoms with van der Waals surface area (Å²) in [6, 6.07) is 137. The van der Waals surface area contributed by atoms with Gasteiger partial charge in [0.25, 0.3) is 0 Å². The van der Waals surface area contributed by atoms with Crippen LogP contribution in [0.2, 0.25) is 0 Å². The second-order valence-electron chi connectivity index (χ2n) is 29.9. The highest BCUT2D eigenvalue weighted by atomic mass is 32.1. The molecule has 17 aromatic carbocycles. The highest BCUT2D eigenvalue weighted by Crippen LogP contribution is 2.41. The fourth-order valence-corrected chi connectivity index (χ4v) is 18.5. The molecule has 0 radical (unpaired) electrons. The van der Waals surface area contributed by atoms with Gasteiger partial charge in [-0.2, -0.15) is 0 Å². The first-order chi connectivity index (χ1) is 62.2. The van der Waals surface area contributed by atoms with E-state index >= 15 is 0 Å². The quantitative estimate of drug-likeness (QED) is 0.156. The molecule has 0 atom stereocenters. The van der Waals surface area contributed by atoms with Crippen LogP contribution in [0.4, 0.5) is 0 Å². The first-order valence-corrected chi connectivity index (χ1v) is 42.6. The van der Waals surface area contributed by atoms with Crippen molar-refractivity contribution in [1.29, 1.82) is 0 Å². The molecule has 126 heavy (non-hydrogen) atoms. The molecule has 0 aliphatic carbocycles. The Morgan fingerprint density at radius 3 is 1.14 bits per heavy atom. The molecule has 0 unspecified atom stereocenters. The number of benzene rings is 17. The second kappa shape index (κ2) is 35.2. The Kier molecular flexibility index (Phi) is 22.0. The number of thiophene rings is 2. The fourth-order valence-electron chi connectivity index (χ4n) is 16.3. The first-order valence-electron chi connectivity index (χ1n) is 41.0. The van der Waals surface area contributed by atoms with E-state index in [1.807, 2.05) is 169 Å². The normalized spacial score (nSPS) is 10.8. The van der Waals surface area contributed by atoms with E-state index in [4.69, 9.17) is 57.3 Å². The van der Waals surface area contributed by atoms with Crippen molar-refractivity contribution in [2.75, 3.05) is 0 Å². The third-order valence-electron chi connectivity index (χ3n) is 22.3. The van der Waals surface area contributed by atoms with Crippen molar-refractivity contribution in [1.82, 2.24) is 19.1 Å². The summed E-state index contributed by atoms with van der Waals surface area (Å²) in [5, 5.41) is 14.2. The summed E-state index contributed by atoms with van der Waals surface area (Å²) in [4.78, 5) is 10.1. The van der Waals surface area contributed by atoms with E-state index in [1.54, 1.807) is 11.3 Å². The summed E-state index contributed by atoms with van der Waals surface area (Å²) in [5.41, 5.74) is 23.0. The summed E-state index contributed by atoms with van der Waals surface area (Å²) in [7, 11) is 0. The van der Waals surface area contributed by atoms with Crippen LogP contribution in [0, 0.1) is 74.1 Å². The highest BCUT2D eigenvalue weighted by molar-refractivity contribution is 7.26. The van der Waals surface area contributed by atoms with Gasteiger partial charge in [-0.15, -0.1) is 61.2 Å². The van der Waals surface area contributed by atoms with Gasteiger partial charge in [-0.1, -0.05) is 284 Å². The number of furan rings is 2. The standard InChI is InChI=1S/C32H21N.C30H19N3.2C14H8O.2C14H8S/c1-2-23-17-18-32-30(19-23)29-15-9-10-16-31(29)33(32)28-21-26(24-11-5-3-6-12-24)20-27(22-28)25-13-7-4-8-14-25;1-2-21-17-18-29-25(19-21)24-15-9-10-16-28(24)33(29)30-31-26(22-11-5-3-6-12-22)20-27(32-30)23-13-7-4-8-14-23;1-2-10-6-5-8-12-11-7-3-4-9-13(11)15-14(10)12;2*1-2-10-7-8-14-12(9-10)11-5-3-4-6-13(11)15-14;1-2-10-7-8-12-11-5-3-4-6-13(11)15-14(12)9-10/h1,3-22H;1,3-20H;4*1,3-9H. The van der Waals surface area contributed by atoms with Gasteiger partial charge in [-0.25, -0.2) is 9.97 Å². The monoisotopic (exact) mass is 1640 g/mol. The zero-order chi connectivity index (χ0) is 85.4. The predicted octanol–water partition coefficient (Wildman–Crippen LogP) is 30.2. The van der Waals surface area contributed by atoms with Crippen molar-refractivity contribution >= 4 is 151 Å². The van der Waals surface area contributed by atoms with Gasteiger partial charge in [-0.3, -0.25) is 4.57 Å². The lowest BCUT2D eigenvalue weighted by Crippen LogP contribution is -2.03. The Labute approximate surface area is 737 Å². The molecule has 0 amide bonds. The molecule has 6 nitrogen and oxygen atoms in total. The number of hydrogen-bond acceptors (Lipinski definition) is 6. The molecule has 7 aromatic heterocycles. The van der Waals surface area contributed by atoms with Crippen LogP contribution in [-0.4, -0.2) is 19.1 Å². The Hall–Kier alpha value is -17.2. The molecule has 0 aliphatic heterocycles. The van der Waals surface area contributed by atoms with E-state index in [0.717, 1.165) is 133 Å². The van der Waals surface area contributed by atoms with Crippen molar-refractivity contribution in [3.8, 4) is 130 Å². The van der Waals surface area contributed by atoms with Crippen molar-refractivity contribution in [3.63, 3.8) is 0 Å². The van der Waals surface area contributed by atoms with E-state index in [9.17, 15) is 0 Å². The van der Waals surface area contributed by atoms with Gasteiger partial charge in [0.15, 0.2) is 5.58 Å². The Morgan fingerprint density at radius 1 is 0.222 bits per heavy atom. The van der Waals surface area contributed by atoms with Crippen molar-refractivity contribution in [2.45, 2.75) is 0 Å². The molecule has 24 aromatic rings. The van der Waals surface area contributed by atoms with Gasteiger partial charge >= 0.3 is 0 Å². The molecule has 8 heteroatoms. The SMILES string of the molecule is C#Cc1ccc2c(c1)c1ccccc1n2-c1cc(-c2ccccc2)cc(-c2ccccc2)c1.C#Cc1ccc2c(c1)c1ccccc1n2-c1nc(-c2ccccc2)cc(-c2ccccc2)n1.C#Cc1ccc2c(c1)sc1ccccc12.C#Cc1ccc2oc3ccccc3c2c1.C#Cc1ccc2sc3ccccc3c2c1.C#Cc1cccc2c1oc1ccccc12. The number of aromatic nitrogens is 4. The minimum Gasteiger partial charge on any atom is -0.456 e. The van der Waals surface area contributed by atoms with Crippen molar-refractivity contribution < 1.29 is 8.83 Å². The topological polar surface area (TPSA) is 61.9 Å². The predicted molar refractivity (Wildman–Crippen MR) is 533 cm³/mol. The molecule has 0 aliphatic rings. The Balaban J connectivity index is 0.000000103. The molecular formula is C118H72N4O2S2. The third kappa shape index (κ3) is 15.7. The minimum absolute atomic E-state index is 0.634. The number of rotatable bonds is 6. The molecule has 0 N–H and O–H groups in total. The summed E-state index contributed by atoms with van der Waals surface area (Å²) in [6.45, 7) is 0. The maximum absolute atomic E-state index is 5.73. The fraction of sp³-hybridized carbons (Fsp3) is 0. The zero-order valence-corrected chi connectivity index (χ0v) is 69.6. The Morgan fingerprint density at radius 2 is 0.595 bits per heavy atom. The van der Waals surface area contributed by atoms with Crippen LogP contribution in [0.1, 0.15) is 33.4 Å². The molecule has 0 saturated heterocycles. The van der Waals surface area contributed by atoms with Crippen LogP contribution in [0.25, 0.3) is 184 Å². The summed E-state index contributed by atoms with van der Waals surface area (Å²) >= 11 is 3.61. The number of terminal acetylenes is 6. The van der Waals surface area contributed by atoms with E-state index in [1.165, 1.54) is 78.9 Å². The smallest absolute Gasteiger partial charge is 0.235 e. The van der Waals surface area contributed by atoms with Gasteiger partial charge in [0.1, 0.15) is 16.7 Å². The van der Waals surface area contributed by atoms with Gasteiger partial charge in [0.2, 0.25) is 5.95 Å². The average molecular weight is 1640 g/mol. The average Bonchev–Trinajstić information content (AvgIpc) is 1.58. The number of nitrogens with zero attached hydrogens (tertiary/aromatic N) is 4. The van der Waals surface area contributed by atoms with Crippen molar-refractivity contribution in [2.24, 2.45) is 0 Å². The zero-order valence-electron chi connectivity index (χ0n) is 68.0. The highest BCUT2D eigenvalue weighted by Gasteiger charge is 2.20. The molecule has 0 bridgehead atoms. The van der Waals surface area contributed by atoms with Gasteiger partial charge in [0.05, 0.1) is 39.0 Å². The number of fused-ring (bicyclic) bond motifs is 18. The van der Waals surface area contributed by atoms with Crippen molar-refractivity contribution in [3.05, 3.63) is 434 Å². The van der Waals surface area contributed by atoms with Crippen LogP contribution >= 0.6 is 22.7 Å². The molecular weight excluding hydrogens is 1570 g/mol. The van der Waals surface area contributed by atoms with Crippen LogP contribution in [0.15, 0.2) is 409 Å². The van der Waals surface area contributed by atoms with E-state index in [0.29, 0.717) is 5.95 Å². The maximum Gasteiger partial charge on any atom is 0.235 e. The lowest BCUT2D eigenvalue weighted by Gasteiger charge is -2.14.